The van der Waals surface area contributed by atoms with Crippen molar-refractivity contribution in [2.75, 3.05) is 6.26 Å². The van der Waals surface area contributed by atoms with Gasteiger partial charge in [-0.05, 0) is 83.6 Å². The van der Waals surface area contributed by atoms with Gasteiger partial charge in [0, 0.05) is 57.4 Å². The molecule has 0 radical (unpaired) electrons. The first-order valence-electron chi connectivity index (χ1n) is 13.9. The molecule has 1 atom stereocenters. The van der Waals surface area contributed by atoms with Crippen LogP contribution in [-0.4, -0.2) is 45.0 Å². The van der Waals surface area contributed by atoms with E-state index >= 15 is 0 Å². The summed E-state index contributed by atoms with van der Waals surface area (Å²) in [5.41, 5.74) is 4.01. The number of nitrogens with one attached hydrogen (secondary N) is 3. The van der Waals surface area contributed by atoms with Crippen molar-refractivity contribution in [3.63, 3.8) is 0 Å². The number of hydrogen-bond donors (Lipinski definition) is 4. The molecule has 3 aromatic rings. The van der Waals surface area contributed by atoms with Crippen LogP contribution in [0.1, 0.15) is 78.8 Å². The van der Waals surface area contributed by atoms with Crippen molar-refractivity contribution in [2.45, 2.75) is 95.0 Å². The van der Waals surface area contributed by atoms with Crippen LogP contribution in [0.2, 0.25) is 0 Å². The Hall–Kier alpha value is -2.55. The fourth-order valence-corrected chi connectivity index (χ4v) is 7.24. The second-order valence-electron chi connectivity index (χ2n) is 11.2. The van der Waals surface area contributed by atoms with E-state index in [1.165, 1.54) is 11.8 Å². The number of pyridine rings is 1. The maximum absolute atomic E-state index is 13.6. The lowest BCUT2D eigenvalue weighted by Gasteiger charge is -2.39. The fourth-order valence-electron chi connectivity index (χ4n) is 6.53. The summed E-state index contributed by atoms with van der Waals surface area (Å²) < 4.78 is 2.36. The van der Waals surface area contributed by atoms with E-state index in [4.69, 9.17) is 0 Å². The molecule has 2 aromatic heterocycles. The average Bonchev–Trinajstić information content (AvgIpc) is 3.18. The van der Waals surface area contributed by atoms with Gasteiger partial charge in [0.05, 0.1) is 11.7 Å². The molecule has 0 saturated heterocycles. The molecule has 0 aliphatic heterocycles. The standard InChI is InChI=1S/C30H40N4O3S/c1-17-13-27(38-4)25(29(36)32-17)16-31-30(37)28-19(3)34(26-8-6-5-7-24(26)28)18(2)20-9-11-21(12-10-20)33-22-14-23(35)15-22/h5-8,13,18,20-23,33,35H,9-12,14-16H2,1-4H3,(H,31,37)(H,32,36)/t18-,20?,21?,22-,23+/m1/s1. The average molecular weight is 537 g/mol. The first-order valence-corrected chi connectivity index (χ1v) is 15.1. The van der Waals surface area contributed by atoms with Gasteiger partial charge in [-0.1, -0.05) is 18.2 Å². The number of aliphatic hydroxyl groups excluding tert-OH is 1. The zero-order valence-corrected chi connectivity index (χ0v) is 23.7. The molecule has 1 aromatic carbocycles. The molecule has 0 spiro atoms. The second kappa shape index (κ2) is 11.3. The largest absolute Gasteiger partial charge is 0.393 e. The fraction of sp³-hybridized carbons (Fsp3) is 0.533. The number of aromatic amines is 1. The quantitative estimate of drug-likeness (QED) is 0.309. The van der Waals surface area contributed by atoms with Crippen LogP contribution in [0, 0.1) is 19.8 Å². The van der Waals surface area contributed by atoms with E-state index in [0.29, 0.717) is 29.1 Å². The number of thioether (sulfide) groups is 1. The third-order valence-corrected chi connectivity index (χ3v) is 9.51. The molecule has 38 heavy (non-hydrogen) atoms. The Labute approximate surface area is 228 Å². The molecule has 0 unspecified atom stereocenters. The van der Waals surface area contributed by atoms with Crippen molar-refractivity contribution in [2.24, 2.45) is 5.92 Å². The molecule has 4 N–H and O–H groups in total. The normalized spacial score (nSPS) is 24.2. The summed E-state index contributed by atoms with van der Waals surface area (Å²) in [6.45, 7) is 6.39. The highest BCUT2D eigenvalue weighted by Crippen LogP contribution is 2.38. The summed E-state index contributed by atoms with van der Waals surface area (Å²) in [6, 6.07) is 11.4. The second-order valence-corrected chi connectivity index (χ2v) is 12.0. The van der Waals surface area contributed by atoms with Gasteiger partial charge in [0.2, 0.25) is 0 Å². The molecule has 2 fully saturated rings. The van der Waals surface area contributed by atoms with Gasteiger partial charge in [0.1, 0.15) is 0 Å². The number of carbonyl (C=O) groups is 1. The van der Waals surface area contributed by atoms with E-state index in [9.17, 15) is 14.7 Å². The number of rotatable bonds is 8. The molecule has 0 bridgehead atoms. The molecule has 8 heteroatoms. The number of aromatic nitrogens is 2. The van der Waals surface area contributed by atoms with Gasteiger partial charge in [-0.3, -0.25) is 9.59 Å². The summed E-state index contributed by atoms with van der Waals surface area (Å²) in [5.74, 6) is 0.396. The molecule has 2 aliphatic carbocycles. The Morgan fingerprint density at radius 2 is 1.87 bits per heavy atom. The number of para-hydroxylation sites is 1. The monoisotopic (exact) mass is 536 g/mol. The van der Waals surface area contributed by atoms with E-state index in [-0.39, 0.29) is 30.2 Å². The third-order valence-electron chi connectivity index (χ3n) is 8.70. The minimum absolute atomic E-state index is 0.120. The Kier molecular flexibility index (Phi) is 8.03. The summed E-state index contributed by atoms with van der Waals surface area (Å²) in [4.78, 5) is 29.9. The van der Waals surface area contributed by atoms with Crippen LogP contribution in [0.25, 0.3) is 10.9 Å². The summed E-state index contributed by atoms with van der Waals surface area (Å²) in [5, 5.41) is 17.3. The number of fused-ring (bicyclic) bond motifs is 1. The van der Waals surface area contributed by atoms with Crippen molar-refractivity contribution >= 4 is 28.6 Å². The SMILES string of the molecule is CSc1cc(C)[nH]c(=O)c1CNC(=O)c1c(C)n([C@H](C)C2CCC(N[C@H]3C[C@@H](O)C3)CC2)c2ccccc12. The number of carbonyl (C=O) groups excluding carboxylic acids is 1. The van der Waals surface area contributed by atoms with Crippen LogP contribution in [0.15, 0.2) is 40.0 Å². The number of amides is 1. The van der Waals surface area contributed by atoms with Gasteiger partial charge in [-0.15, -0.1) is 11.8 Å². The zero-order chi connectivity index (χ0) is 27.0. The first kappa shape index (κ1) is 27.0. The first-order chi connectivity index (χ1) is 18.3. The Morgan fingerprint density at radius 3 is 2.55 bits per heavy atom. The van der Waals surface area contributed by atoms with Crippen molar-refractivity contribution in [1.82, 2.24) is 20.2 Å². The van der Waals surface area contributed by atoms with E-state index < -0.39 is 0 Å². The van der Waals surface area contributed by atoms with E-state index in [1.54, 1.807) is 0 Å². The van der Waals surface area contributed by atoms with Crippen LogP contribution < -0.4 is 16.2 Å². The third kappa shape index (κ3) is 5.31. The highest BCUT2D eigenvalue weighted by Gasteiger charge is 2.33. The van der Waals surface area contributed by atoms with Gasteiger partial charge in [0.15, 0.2) is 0 Å². The number of H-pyrrole nitrogens is 1. The number of hydrogen-bond acceptors (Lipinski definition) is 5. The molecule has 2 aliphatic rings. The minimum Gasteiger partial charge on any atom is -0.393 e. The van der Waals surface area contributed by atoms with Crippen molar-refractivity contribution in [1.29, 1.82) is 0 Å². The van der Waals surface area contributed by atoms with Crippen LogP contribution in [0.5, 0.6) is 0 Å². The lowest BCUT2D eigenvalue weighted by molar-refractivity contribution is 0.0533. The summed E-state index contributed by atoms with van der Waals surface area (Å²) >= 11 is 1.52. The smallest absolute Gasteiger partial charge is 0.254 e. The van der Waals surface area contributed by atoms with E-state index in [2.05, 4.69) is 33.2 Å². The topological polar surface area (TPSA) is 99.2 Å². The molecule has 5 rings (SSSR count). The minimum atomic E-state index is -0.152. The van der Waals surface area contributed by atoms with E-state index in [0.717, 1.165) is 65.7 Å². The Morgan fingerprint density at radius 1 is 1.16 bits per heavy atom. The van der Waals surface area contributed by atoms with Gasteiger partial charge < -0.3 is 25.3 Å². The van der Waals surface area contributed by atoms with Gasteiger partial charge in [0.25, 0.3) is 11.5 Å². The zero-order valence-electron chi connectivity index (χ0n) is 22.8. The van der Waals surface area contributed by atoms with Gasteiger partial charge >= 0.3 is 0 Å². The summed E-state index contributed by atoms with van der Waals surface area (Å²) in [7, 11) is 0. The number of aryl methyl sites for hydroxylation is 1. The van der Waals surface area contributed by atoms with Crippen LogP contribution in [-0.2, 0) is 6.54 Å². The molecular weight excluding hydrogens is 496 g/mol. The molecule has 2 saturated carbocycles. The lowest BCUT2D eigenvalue weighted by Crippen LogP contribution is -2.49. The van der Waals surface area contributed by atoms with Crippen LogP contribution in [0.4, 0.5) is 0 Å². The van der Waals surface area contributed by atoms with Crippen LogP contribution >= 0.6 is 11.8 Å². The molecule has 1 amide bonds. The molecule has 2 heterocycles. The van der Waals surface area contributed by atoms with Gasteiger partial charge in [-0.25, -0.2) is 0 Å². The van der Waals surface area contributed by atoms with Crippen molar-refractivity contribution in [3.05, 3.63) is 63.2 Å². The van der Waals surface area contributed by atoms with Crippen LogP contribution in [0.3, 0.4) is 0 Å². The highest BCUT2D eigenvalue weighted by molar-refractivity contribution is 7.98. The van der Waals surface area contributed by atoms with E-state index in [1.807, 2.05) is 44.4 Å². The predicted octanol–water partition coefficient (Wildman–Crippen LogP) is 4.83. The van der Waals surface area contributed by atoms with Gasteiger partial charge in [-0.2, -0.15) is 0 Å². The predicted molar refractivity (Wildman–Crippen MR) is 154 cm³/mol. The Bertz CT molecular complexity index is 1370. The molecule has 204 valence electrons. The van der Waals surface area contributed by atoms with Crippen molar-refractivity contribution in [3.8, 4) is 0 Å². The maximum Gasteiger partial charge on any atom is 0.254 e. The maximum atomic E-state index is 13.6. The number of nitrogens with zero attached hydrogens (tertiary/aromatic N) is 1. The molecular formula is C30H40N4O3S. The molecule has 7 nitrogen and oxygen atoms in total. The number of benzene rings is 1. The Balaban J connectivity index is 1.34. The number of aliphatic hydroxyl groups is 1. The lowest BCUT2D eigenvalue weighted by atomic mass is 9.80. The highest BCUT2D eigenvalue weighted by atomic mass is 32.2. The van der Waals surface area contributed by atoms with Crippen molar-refractivity contribution < 1.29 is 9.90 Å². The summed E-state index contributed by atoms with van der Waals surface area (Å²) in [6.07, 6.45) is 8.18.